The van der Waals surface area contributed by atoms with Gasteiger partial charge in [-0.1, -0.05) is 83.6 Å². The minimum Gasteiger partial charge on any atom is -0.460 e. The molecule has 1 heterocycles. The highest BCUT2D eigenvalue weighted by molar-refractivity contribution is 5.75. The molecular weight excluding hydrogens is 439 g/mol. The molecule has 0 saturated heterocycles. The molecule has 0 spiro atoms. The van der Waals surface area contributed by atoms with E-state index in [2.05, 4.69) is 41.2 Å². The van der Waals surface area contributed by atoms with Crippen LogP contribution in [0, 0.1) is 5.92 Å². The number of halogens is 1. The van der Waals surface area contributed by atoms with Crippen molar-refractivity contribution in [2.75, 3.05) is 0 Å². The van der Waals surface area contributed by atoms with Gasteiger partial charge in [0.1, 0.15) is 6.10 Å². The number of carbonyl (C=O) groups is 1. The number of carbonyl (C=O) groups excluding carboxylic acids is 1. The number of nitrogens with zero attached hydrogens (tertiary/aromatic N) is 2. The molecule has 5 heteroatoms. The topological polar surface area (TPSA) is 52.1 Å². The monoisotopic (exact) mass is 482 g/mol. The van der Waals surface area contributed by atoms with E-state index in [1.54, 1.807) is 6.92 Å². The fourth-order valence-electron chi connectivity index (χ4n) is 4.83. The van der Waals surface area contributed by atoms with Gasteiger partial charge in [0, 0.05) is 18.0 Å². The van der Waals surface area contributed by atoms with Crippen molar-refractivity contribution in [3.05, 3.63) is 47.8 Å². The summed E-state index contributed by atoms with van der Waals surface area (Å²) in [5.74, 6) is 0.222. The summed E-state index contributed by atoms with van der Waals surface area (Å²) in [6.07, 6.45) is 15.2. The van der Waals surface area contributed by atoms with Crippen LogP contribution in [0.25, 0.3) is 11.4 Å². The second kappa shape index (κ2) is 14.3. The van der Waals surface area contributed by atoms with Crippen LogP contribution in [0.15, 0.2) is 36.7 Å². The van der Waals surface area contributed by atoms with Gasteiger partial charge < -0.3 is 4.74 Å². The third-order valence-electron chi connectivity index (χ3n) is 7.49. The highest BCUT2D eigenvalue weighted by Crippen LogP contribution is 2.35. The maximum absolute atomic E-state index is 14.1. The highest BCUT2D eigenvalue weighted by atomic mass is 19.1. The molecule has 1 aliphatic carbocycles. The molecule has 0 bridgehead atoms. The standard InChI is InChI=1S/C30H43FN2O2/c1-4-6-7-8-9-10-11-23-20-32-29(33-21-23)26-14-12-24(13-15-26)25-16-18-27(19-17-25)35-30(34)28(31)22(3)5-2/h12-15,20-22,25,27-28H,4-11,16-19H2,1-3H3/t22-,25?,27?,28-/m0/s1. The molecule has 0 unspecified atom stereocenters. The Balaban J connectivity index is 1.44. The lowest BCUT2D eigenvalue weighted by Crippen LogP contribution is -2.31. The molecule has 35 heavy (non-hydrogen) atoms. The summed E-state index contributed by atoms with van der Waals surface area (Å²) in [4.78, 5) is 21.2. The predicted molar refractivity (Wildman–Crippen MR) is 140 cm³/mol. The van der Waals surface area contributed by atoms with Gasteiger partial charge in [0.2, 0.25) is 0 Å². The van der Waals surface area contributed by atoms with E-state index in [0.717, 1.165) is 43.5 Å². The predicted octanol–water partition coefficient (Wildman–Crippen LogP) is 8.00. The molecule has 0 amide bonds. The Morgan fingerprint density at radius 2 is 1.60 bits per heavy atom. The Labute approximate surface area is 211 Å². The van der Waals surface area contributed by atoms with Gasteiger partial charge in [-0.2, -0.15) is 0 Å². The number of rotatable bonds is 13. The second-order valence-electron chi connectivity index (χ2n) is 10.3. The average Bonchev–Trinajstić information content (AvgIpc) is 2.90. The summed E-state index contributed by atoms with van der Waals surface area (Å²) in [5, 5.41) is 0. The van der Waals surface area contributed by atoms with E-state index in [1.807, 2.05) is 19.3 Å². The largest absolute Gasteiger partial charge is 0.460 e. The minimum atomic E-state index is -1.52. The number of aryl methyl sites for hydroxylation is 1. The highest BCUT2D eigenvalue weighted by Gasteiger charge is 2.30. The Bertz CT molecular complexity index is 876. The summed E-state index contributed by atoms with van der Waals surface area (Å²) >= 11 is 0. The van der Waals surface area contributed by atoms with Crippen LogP contribution in [0.4, 0.5) is 4.39 Å². The Kier molecular flexibility index (Phi) is 11.2. The zero-order valence-electron chi connectivity index (χ0n) is 21.8. The van der Waals surface area contributed by atoms with E-state index in [0.29, 0.717) is 12.3 Å². The van der Waals surface area contributed by atoms with E-state index < -0.39 is 12.1 Å². The van der Waals surface area contributed by atoms with Crippen molar-refractivity contribution >= 4 is 5.97 Å². The van der Waals surface area contributed by atoms with Crippen LogP contribution >= 0.6 is 0 Å². The number of alkyl halides is 1. The van der Waals surface area contributed by atoms with Crippen LogP contribution in [0.2, 0.25) is 0 Å². The molecular formula is C30H43FN2O2. The van der Waals surface area contributed by atoms with Gasteiger partial charge in [-0.25, -0.2) is 19.2 Å². The van der Waals surface area contributed by atoms with Crippen LogP contribution in [0.3, 0.4) is 0 Å². The van der Waals surface area contributed by atoms with Gasteiger partial charge in [-0.05, 0) is 61.5 Å². The number of ether oxygens (including phenoxy) is 1. The minimum absolute atomic E-state index is 0.163. The van der Waals surface area contributed by atoms with E-state index in [1.165, 1.54) is 49.7 Å². The van der Waals surface area contributed by atoms with Crippen molar-refractivity contribution in [2.45, 2.75) is 116 Å². The van der Waals surface area contributed by atoms with E-state index in [-0.39, 0.29) is 12.0 Å². The van der Waals surface area contributed by atoms with Gasteiger partial charge in [0.05, 0.1) is 0 Å². The van der Waals surface area contributed by atoms with Crippen molar-refractivity contribution in [3.63, 3.8) is 0 Å². The number of hydrogen-bond donors (Lipinski definition) is 0. The Morgan fingerprint density at radius 1 is 0.971 bits per heavy atom. The second-order valence-corrected chi connectivity index (χ2v) is 10.3. The van der Waals surface area contributed by atoms with Crippen LogP contribution in [-0.4, -0.2) is 28.2 Å². The van der Waals surface area contributed by atoms with E-state index >= 15 is 0 Å². The first-order valence-corrected chi connectivity index (χ1v) is 13.8. The number of aromatic nitrogens is 2. The van der Waals surface area contributed by atoms with Gasteiger partial charge in [0.25, 0.3) is 0 Å². The first kappa shape index (κ1) is 27.3. The molecule has 2 aromatic rings. The zero-order chi connectivity index (χ0) is 25.0. The smallest absolute Gasteiger partial charge is 0.341 e. The van der Waals surface area contributed by atoms with Crippen molar-refractivity contribution in [2.24, 2.45) is 5.92 Å². The normalized spacial score (nSPS) is 19.8. The van der Waals surface area contributed by atoms with Crippen molar-refractivity contribution in [3.8, 4) is 11.4 Å². The summed E-state index contributed by atoms with van der Waals surface area (Å²) in [6.45, 7) is 5.89. The molecule has 1 fully saturated rings. The molecule has 4 nitrogen and oxygen atoms in total. The fourth-order valence-corrected chi connectivity index (χ4v) is 4.83. The molecule has 1 aliphatic rings. The first-order valence-electron chi connectivity index (χ1n) is 13.8. The molecule has 3 rings (SSSR count). The molecule has 1 saturated carbocycles. The van der Waals surface area contributed by atoms with Gasteiger partial charge >= 0.3 is 5.97 Å². The number of unbranched alkanes of at least 4 members (excludes halogenated alkanes) is 5. The van der Waals surface area contributed by atoms with Gasteiger partial charge in [-0.3, -0.25) is 0 Å². The average molecular weight is 483 g/mol. The molecule has 2 atom stereocenters. The molecule has 0 N–H and O–H groups in total. The third kappa shape index (κ3) is 8.40. The van der Waals surface area contributed by atoms with E-state index in [9.17, 15) is 9.18 Å². The summed E-state index contributed by atoms with van der Waals surface area (Å²) < 4.78 is 19.6. The lowest BCUT2D eigenvalue weighted by atomic mass is 9.82. The third-order valence-corrected chi connectivity index (χ3v) is 7.49. The summed E-state index contributed by atoms with van der Waals surface area (Å²) in [5.41, 5.74) is 3.53. The molecule has 0 radical (unpaired) electrons. The fraction of sp³-hybridized carbons (Fsp3) is 0.633. The lowest BCUT2D eigenvalue weighted by Gasteiger charge is -2.29. The van der Waals surface area contributed by atoms with Crippen LogP contribution in [-0.2, 0) is 16.0 Å². The summed E-state index contributed by atoms with van der Waals surface area (Å²) in [6, 6.07) is 8.54. The van der Waals surface area contributed by atoms with Crippen molar-refractivity contribution in [1.29, 1.82) is 0 Å². The van der Waals surface area contributed by atoms with Crippen LogP contribution in [0.1, 0.15) is 108 Å². The molecule has 1 aromatic heterocycles. The van der Waals surface area contributed by atoms with Gasteiger partial charge in [-0.15, -0.1) is 0 Å². The Hall–Kier alpha value is -2.30. The van der Waals surface area contributed by atoms with Crippen molar-refractivity contribution in [1.82, 2.24) is 9.97 Å². The quantitative estimate of drug-likeness (QED) is 0.214. The number of esters is 1. The number of benzene rings is 1. The SMILES string of the molecule is CCCCCCCCc1cnc(-c2ccc(C3CCC(OC(=O)[C@@H](F)[C@@H](C)CC)CC3)cc2)nc1. The molecule has 192 valence electrons. The van der Waals surface area contributed by atoms with Gasteiger partial charge in [0.15, 0.2) is 12.0 Å². The Morgan fingerprint density at radius 3 is 2.23 bits per heavy atom. The lowest BCUT2D eigenvalue weighted by molar-refractivity contribution is -0.158. The van der Waals surface area contributed by atoms with Crippen LogP contribution in [0.5, 0.6) is 0 Å². The number of hydrogen-bond acceptors (Lipinski definition) is 4. The molecule has 0 aliphatic heterocycles. The van der Waals surface area contributed by atoms with Crippen molar-refractivity contribution < 1.29 is 13.9 Å². The maximum atomic E-state index is 14.1. The molecule has 1 aromatic carbocycles. The zero-order valence-corrected chi connectivity index (χ0v) is 21.8. The first-order chi connectivity index (χ1) is 17.0. The van der Waals surface area contributed by atoms with Crippen LogP contribution < -0.4 is 0 Å². The van der Waals surface area contributed by atoms with E-state index in [4.69, 9.17) is 4.74 Å². The summed E-state index contributed by atoms with van der Waals surface area (Å²) in [7, 11) is 0. The maximum Gasteiger partial charge on any atom is 0.341 e.